The Morgan fingerprint density at radius 1 is 1.03 bits per heavy atom. The normalized spacial score (nSPS) is 37.2. The molecule has 5 heteroatoms. The monoisotopic (exact) mass is 408 g/mol. The van der Waals surface area contributed by atoms with Crippen LogP contribution < -0.4 is 5.32 Å². The second-order valence-electron chi connectivity index (χ2n) is 10.8. The molecule has 0 aromatic heterocycles. The third-order valence-electron chi connectivity index (χ3n) is 8.09. The van der Waals surface area contributed by atoms with Crippen LogP contribution in [0.3, 0.4) is 0 Å². The van der Waals surface area contributed by atoms with Crippen LogP contribution in [0.1, 0.15) is 64.4 Å². The van der Waals surface area contributed by atoms with Gasteiger partial charge in [0.2, 0.25) is 0 Å². The summed E-state index contributed by atoms with van der Waals surface area (Å²) in [5, 5.41) is 2.98. The minimum Gasteiger partial charge on any atom is -0.319 e. The Hall–Kier alpha value is -2.17. The highest BCUT2D eigenvalue weighted by Gasteiger charge is 2.57. The Morgan fingerprint density at radius 2 is 1.60 bits per heavy atom. The van der Waals surface area contributed by atoms with Gasteiger partial charge in [-0.25, -0.2) is 4.79 Å². The fraction of sp³-hybridized carbons (Fsp3) is 0.640. The molecule has 30 heavy (non-hydrogen) atoms. The summed E-state index contributed by atoms with van der Waals surface area (Å²) in [5.74, 6) is 2.03. The van der Waals surface area contributed by atoms with E-state index in [9.17, 15) is 14.4 Å². The molecule has 6 rings (SSSR count). The van der Waals surface area contributed by atoms with Crippen LogP contribution in [0.4, 0.5) is 4.79 Å². The summed E-state index contributed by atoms with van der Waals surface area (Å²) in [7, 11) is 0. The number of urea groups is 1. The van der Waals surface area contributed by atoms with Crippen molar-refractivity contribution in [3.05, 3.63) is 35.9 Å². The smallest absolute Gasteiger partial charge is 0.319 e. The number of nitrogens with zero attached hydrogens (tertiary/aromatic N) is 1. The number of rotatable bonds is 6. The Kier molecular flexibility index (Phi) is 4.57. The molecule has 4 aliphatic carbocycles. The fourth-order valence-electron chi connectivity index (χ4n) is 7.32. The molecular weight excluding hydrogens is 376 g/mol. The average Bonchev–Trinajstić information content (AvgIpc) is 2.92. The zero-order valence-electron chi connectivity index (χ0n) is 18.0. The molecule has 0 radical (unpaired) electrons. The molecule has 3 amide bonds. The Balaban J connectivity index is 1.41. The number of hydrogen-bond acceptors (Lipinski definition) is 3. The molecule has 4 saturated carbocycles. The molecular formula is C25H32N2O3. The lowest BCUT2D eigenvalue weighted by Gasteiger charge is -2.56. The predicted octanol–water partition coefficient (Wildman–Crippen LogP) is 4.27. The minimum absolute atomic E-state index is 0.0799. The lowest BCUT2D eigenvalue weighted by atomic mass is 9.48. The molecule has 0 spiro atoms. The van der Waals surface area contributed by atoms with Crippen LogP contribution in [-0.2, 0) is 15.1 Å². The van der Waals surface area contributed by atoms with E-state index in [0.29, 0.717) is 24.2 Å². The molecule has 1 aromatic rings. The van der Waals surface area contributed by atoms with Crippen molar-refractivity contribution in [3.8, 4) is 0 Å². The summed E-state index contributed by atoms with van der Waals surface area (Å²) in [4.78, 5) is 41.3. The van der Waals surface area contributed by atoms with Crippen LogP contribution in [0, 0.1) is 29.1 Å². The van der Waals surface area contributed by atoms with E-state index in [1.54, 1.807) is 0 Å². The van der Waals surface area contributed by atoms with Gasteiger partial charge >= 0.3 is 6.03 Å². The highest BCUT2D eigenvalue weighted by molar-refractivity contribution is 6.10. The maximum absolute atomic E-state index is 13.6. The van der Waals surface area contributed by atoms with E-state index >= 15 is 0 Å². The lowest BCUT2D eigenvalue weighted by Crippen LogP contribution is -2.53. The van der Waals surface area contributed by atoms with Gasteiger partial charge in [0.15, 0.2) is 5.78 Å². The molecule has 5 aliphatic rings. The van der Waals surface area contributed by atoms with Gasteiger partial charge in [-0.15, -0.1) is 0 Å². The van der Waals surface area contributed by atoms with Crippen LogP contribution in [0.5, 0.6) is 0 Å². The van der Waals surface area contributed by atoms with E-state index in [1.807, 2.05) is 44.2 Å². The first-order valence-electron chi connectivity index (χ1n) is 11.5. The largest absolute Gasteiger partial charge is 0.325 e. The van der Waals surface area contributed by atoms with Gasteiger partial charge in [-0.1, -0.05) is 44.2 Å². The number of carbonyl (C=O) groups excluding carboxylic acids is 3. The summed E-state index contributed by atoms with van der Waals surface area (Å²) in [5.41, 5.74) is -0.582. The third kappa shape index (κ3) is 3.00. The van der Waals surface area contributed by atoms with E-state index in [-0.39, 0.29) is 29.6 Å². The zero-order chi connectivity index (χ0) is 21.1. The van der Waals surface area contributed by atoms with Crippen molar-refractivity contribution in [1.82, 2.24) is 10.2 Å². The highest BCUT2D eigenvalue weighted by Crippen LogP contribution is 2.60. The third-order valence-corrected chi connectivity index (χ3v) is 8.09. The molecule has 1 aliphatic heterocycles. The number of imide groups is 1. The van der Waals surface area contributed by atoms with Gasteiger partial charge in [-0.05, 0) is 74.2 Å². The highest BCUT2D eigenvalue weighted by atomic mass is 16.2. The van der Waals surface area contributed by atoms with Crippen molar-refractivity contribution in [1.29, 1.82) is 0 Å². The molecule has 1 atom stereocenters. The zero-order valence-corrected chi connectivity index (χ0v) is 18.0. The van der Waals surface area contributed by atoms with Crippen LogP contribution in [-0.4, -0.2) is 29.2 Å². The van der Waals surface area contributed by atoms with E-state index in [4.69, 9.17) is 0 Å². The van der Waals surface area contributed by atoms with Crippen LogP contribution >= 0.6 is 0 Å². The quantitative estimate of drug-likeness (QED) is 0.715. The van der Waals surface area contributed by atoms with Crippen molar-refractivity contribution < 1.29 is 14.4 Å². The van der Waals surface area contributed by atoms with E-state index in [0.717, 1.165) is 24.8 Å². The van der Waals surface area contributed by atoms with Crippen molar-refractivity contribution in [2.24, 2.45) is 29.1 Å². The van der Waals surface area contributed by atoms with E-state index < -0.39 is 11.6 Å². The number of amides is 3. The lowest BCUT2D eigenvalue weighted by molar-refractivity contribution is -0.147. The molecule has 4 bridgehead atoms. The topological polar surface area (TPSA) is 66.5 Å². The van der Waals surface area contributed by atoms with Gasteiger partial charge in [0.25, 0.3) is 5.91 Å². The second kappa shape index (κ2) is 6.93. The van der Waals surface area contributed by atoms with Crippen molar-refractivity contribution in [2.75, 3.05) is 6.54 Å². The average molecular weight is 409 g/mol. The molecule has 160 valence electrons. The van der Waals surface area contributed by atoms with Crippen LogP contribution in [0.2, 0.25) is 0 Å². The first-order valence-corrected chi connectivity index (χ1v) is 11.5. The number of benzene rings is 1. The SMILES string of the molecule is CC(C)C[C@]1(c2ccccc2)NC(=O)N(CC(=O)C23CC4CC(CC(C4)C2)C3)C1=O. The Morgan fingerprint density at radius 3 is 2.13 bits per heavy atom. The number of ketones is 1. The van der Waals surface area contributed by atoms with Crippen molar-refractivity contribution in [2.45, 2.75) is 64.3 Å². The molecule has 1 heterocycles. The molecule has 1 aromatic carbocycles. The predicted molar refractivity (Wildman–Crippen MR) is 113 cm³/mol. The maximum atomic E-state index is 13.6. The first-order chi connectivity index (χ1) is 14.3. The molecule has 1 N–H and O–H groups in total. The molecule has 1 saturated heterocycles. The summed E-state index contributed by atoms with van der Waals surface area (Å²) >= 11 is 0. The van der Waals surface area contributed by atoms with Crippen LogP contribution in [0.15, 0.2) is 30.3 Å². The van der Waals surface area contributed by atoms with Gasteiger partial charge in [0.1, 0.15) is 5.54 Å². The van der Waals surface area contributed by atoms with E-state index in [2.05, 4.69) is 5.32 Å². The molecule has 5 nitrogen and oxygen atoms in total. The number of Topliss-reactive ketones (excluding diaryl/α,β-unsaturated/α-hetero) is 1. The van der Waals surface area contributed by atoms with Gasteiger partial charge in [0.05, 0.1) is 6.54 Å². The molecule has 0 unspecified atom stereocenters. The number of carbonyl (C=O) groups is 3. The second-order valence-corrected chi connectivity index (χ2v) is 10.8. The maximum Gasteiger partial charge on any atom is 0.325 e. The number of nitrogens with one attached hydrogen (secondary N) is 1. The van der Waals surface area contributed by atoms with Crippen molar-refractivity contribution >= 4 is 17.7 Å². The Bertz CT molecular complexity index is 842. The van der Waals surface area contributed by atoms with E-state index in [1.165, 1.54) is 24.2 Å². The van der Waals surface area contributed by atoms with Gasteiger partial charge in [-0.2, -0.15) is 0 Å². The summed E-state index contributed by atoms with van der Waals surface area (Å²) in [6.07, 6.45) is 7.18. The van der Waals surface area contributed by atoms with Crippen molar-refractivity contribution in [3.63, 3.8) is 0 Å². The number of hydrogen-bond donors (Lipinski definition) is 1. The first kappa shape index (κ1) is 19.8. The van der Waals surface area contributed by atoms with Gasteiger partial charge in [0, 0.05) is 5.41 Å². The minimum atomic E-state index is -1.08. The summed E-state index contributed by atoms with van der Waals surface area (Å²) < 4.78 is 0. The summed E-state index contributed by atoms with van der Waals surface area (Å²) in [6, 6.07) is 9.04. The molecule has 5 fully saturated rings. The standard InChI is InChI=1S/C25H32N2O3/c1-16(2)11-25(20-6-4-3-5-7-20)22(29)27(23(30)26-25)15-21(28)24-12-17-8-18(13-24)10-19(9-17)14-24/h3-7,16-19H,8-15H2,1-2H3,(H,26,30)/t17?,18?,19?,24?,25-/m1/s1. The fourth-order valence-corrected chi connectivity index (χ4v) is 7.32. The van der Waals surface area contributed by atoms with Gasteiger partial charge in [-0.3, -0.25) is 14.5 Å². The van der Waals surface area contributed by atoms with Gasteiger partial charge < -0.3 is 5.32 Å². The summed E-state index contributed by atoms with van der Waals surface area (Å²) in [6.45, 7) is 4.02. The van der Waals surface area contributed by atoms with Crippen LogP contribution in [0.25, 0.3) is 0 Å². The Labute approximate surface area is 178 Å².